The van der Waals surface area contributed by atoms with Gasteiger partial charge >= 0.3 is 0 Å². The lowest BCUT2D eigenvalue weighted by molar-refractivity contribution is -0.134. The molecule has 9 heteroatoms. The predicted octanol–water partition coefficient (Wildman–Crippen LogP) is 2.10. The van der Waals surface area contributed by atoms with Gasteiger partial charge in [0.25, 0.3) is 0 Å². The lowest BCUT2D eigenvalue weighted by atomic mass is 10.1. The summed E-state index contributed by atoms with van der Waals surface area (Å²) in [5.41, 5.74) is 13.0. The number of primary amides is 2. The molecule has 4 N–H and O–H groups in total. The summed E-state index contributed by atoms with van der Waals surface area (Å²) >= 11 is 0. The number of para-hydroxylation sites is 2. The van der Waals surface area contributed by atoms with Gasteiger partial charge in [-0.1, -0.05) is 36.4 Å². The van der Waals surface area contributed by atoms with E-state index in [0.717, 1.165) is 16.0 Å². The number of carbonyl (C=O) groups excluding carboxylic acids is 3. The second-order valence-corrected chi connectivity index (χ2v) is 7.32. The Morgan fingerprint density at radius 2 is 1.64 bits per heavy atom. The van der Waals surface area contributed by atoms with Crippen LogP contribution in [-0.2, 0) is 14.4 Å². The van der Waals surface area contributed by atoms with Crippen LogP contribution in [0, 0.1) is 0 Å². The van der Waals surface area contributed by atoms with Crippen LogP contribution in [0.25, 0.3) is 34.2 Å². The fraction of sp³-hybridized carbons (Fsp3) is 0.0833. The summed E-state index contributed by atoms with van der Waals surface area (Å²) in [7, 11) is 0. The first-order valence-corrected chi connectivity index (χ1v) is 10.1. The Kier molecular flexibility index (Phi) is 6.03. The topological polar surface area (TPSA) is 137 Å². The molecule has 0 unspecified atom stereocenters. The van der Waals surface area contributed by atoms with Crippen molar-refractivity contribution in [1.29, 1.82) is 0 Å². The SMILES string of the molecule is NC(=O)CN(CC(N)=O)C(=O)/C=C/c1cn(-c2ccccc2)nc1-c1cc2ccccc2o1. The third-order valence-corrected chi connectivity index (χ3v) is 4.83. The quantitative estimate of drug-likeness (QED) is 0.402. The molecule has 166 valence electrons. The Morgan fingerprint density at radius 3 is 2.30 bits per heavy atom. The summed E-state index contributed by atoms with van der Waals surface area (Å²) in [5, 5.41) is 5.58. The van der Waals surface area contributed by atoms with Crippen molar-refractivity contribution in [1.82, 2.24) is 14.7 Å². The first kappa shape index (κ1) is 21.6. The van der Waals surface area contributed by atoms with Crippen LogP contribution in [0.4, 0.5) is 0 Å². The third-order valence-electron chi connectivity index (χ3n) is 4.83. The number of carbonyl (C=O) groups is 3. The molecular formula is C24H21N5O4. The summed E-state index contributed by atoms with van der Waals surface area (Å²) in [4.78, 5) is 36.2. The number of rotatable bonds is 8. The highest BCUT2D eigenvalue weighted by Gasteiger charge is 2.18. The molecule has 0 saturated heterocycles. The van der Waals surface area contributed by atoms with E-state index in [1.165, 1.54) is 6.08 Å². The number of hydrogen-bond acceptors (Lipinski definition) is 5. The molecule has 4 aromatic rings. The minimum atomic E-state index is -0.752. The Balaban J connectivity index is 1.73. The van der Waals surface area contributed by atoms with E-state index in [9.17, 15) is 14.4 Å². The molecule has 4 rings (SSSR count). The van der Waals surface area contributed by atoms with Crippen LogP contribution in [0.3, 0.4) is 0 Å². The fourth-order valence-electron chi connectivity index (χ4n) is 3.37. The molecule has 2 aromatic heterocycles. The number of hydrogen-bond donors (Lipinski definition) is 2. The standard InChI is InChI=1S/C24H21N5O4/c25-21(30)14-28(15-22(26)31)23(32)11-10-17-13-29(18-7-2-1-3-8-18)27-24(17)20-12-16-6-4-5-9-19(16)33-20/h1-13H,14-15H2,(H2,25,30)(H2,26,31)/b11-10+. The average molecular weight is 443 g/mol. The van der Waals surface area contributed by atoms with Crippen LogP contribution in [0.1, 0.15) is 5.56 Å². The van der Waals surface area contributed by atoms with Gasteiger partial charge in [-0.15, -0.1) is 0 Å². The van der Waals surface area contributed by atoms with Crippen LogP contribution in [0.2, 0.25) is 0 Å². The van der Waals surface area contributed by atoms with Gasteiger partial charge in [0.2, 0.25) is 17.7 Å². The summed E-state index contributed by atoms with van der Waals surface area (Å²) in [6.07, 6.45) is 4.55. The van der Waals surface area contributed by atoms with Gasteiger partial charge in [-0.2, -0.15) is 5.10 Å². The van der Waals surface area contributed by atoms with Crippen LogP contribution in [0.15, 0.2) is 77.4 Å². The molecule has 0 radical (unpaired) electrons. The first-order chi connectivity index (χ1) is 15.9. The number of aromatic nitrogens is 2. The maximum Gasteiger partial charge on any atom is 0.247 e. The monoisotopic (exact) mass is 443 g/mol. The van der Waals surface area contributed by atoms with Crippen molar-refractivity contribution >= 4 is 34.8 Å². The van der Waals surface area contributed by atoms with E-state index in [1.807, 2.05) is 60.7 Å². The summed E-state index contributed by atoms with van der Waals surface area (Å²) < 4.78 is 7.65. The summed E-state index contributed by atoms with van der Waals surface area (Å²) in [6, 6.07) is 18.9. The van der Waals surface area contributed by atoms with Gasteiger partial charge in [0.05, 0.1) is 5.69 Å². The molecule has 0 aliphatic rings. The summed E-state index contributed by atoms with van der Waals surface area (Å²) in [6.45, 7) is -0.850. The Hall–Kier alpha value is -4.66. The average Bonchev–Trinajstić information content (AvgIpc) is 3.41. The number of amides is 3. The maximum atomic E-state index is 12.6. The molecule has 0 bridgehead atoms. The zero-order chi connectivity index (χ0) is 23.4. The van der Waals surface area contributed by atoms with E-state index >= 15 is 0 Å². The Bertz CT molecular complexity index is 1300. The second kappa shape index (κ2) is 9.23. The molecule has 2 aromatic carbocycles. The molecule has 3 amide bonds. The van der Waals surface area contributed by atoms with E-state index in [0.29, 0.717) is 22.6 Å². The van der Waals surface area contributed by atoms with Crippen LogP contribution in [0.5, 0.6) is 0 Å². The van der Waals surface area contributed by atoms with Crippen molar-refractivity contribution in [2.75, 3.05) is 13.1 Å². The zero-order valence-electron chi connectivity index (χ0n) is 17.5. The molecule has 0 saturated carbocycles. The second-order valence-electron chi connectivity index (χ2n) is 7.32. The molecule has 0 aliphatic heterocycles. The van der Waals surface area contributed by atoms with Gasteiger partial charge in [-0.25, -0.2) is 4.68 Å². The van der Waals surface area contributed by atoms with E-state index in [-0.39, 0.29) is 0 Å². The normalized spacial score (nSPS) is 11.2. The molecule has 0 fully saturated rings. The molecule has 2 heterocycles. The molecule has 0 spiro atoms. The van der Waals surface area contributed by atoms with Crippen molar-refractivity contribution in [2.45, 2.75) is 0 Å². The van der Waals surface area contributed by atoms with Gasteiger partial charge in [0.15, 0.2) is 5.76 Å². The van der Waals surface area contributed by atoms with Gasteiger partial charge in [-0.05, 0) is 30.3 Å². The number of furan rings is 1. The maximum absolute atomic E-state index is 12.6. The Labute approximate surface area is 188 Å². The highest BCUT2D eigenvalue weighted by Crippen LogP contribution is 2.30. The molecule has 0 aliphatic carbocycles. The minimum Gasteiger partial charge on any atom is -0.454 e. The van der Waals surface area contributed by atoms with E-state index in [4.69, 9.17) is 15.9 Å². The number of fused-ring (bicyclic) bond motifs is 1. The third kappa shape index (κ3) is 4.99. The van der Waals surface area contributed by atoms with Crippen LogP contribution >= 0.6 is 0 Å². The van der Waals surface area contributed by atoms with Crippen LogP contribution in [-0.4, -0.2) is 45.5 Å². The lowest BCUT2D eigenvalue weighted by Crippen LogP contribution is -2.42. The summed E-state index contributed by atoms with van der Waals surface area (Å²) in [5.74, 6) is -1.56. The van der Waals surface area contributed by atoms with Crippen molar-refractivity contribution in [3.8, 4) is 17.1 Å². The van der Waals surface area contributed by atoms with Crippen molar-refractivity contribution < 1.29 is 18.8 Å². The predicted molar refractivity (Wildman–Crippen MR) is 123 cm³/mol. The van der Waals surface area contributed by atoms with E-state index < -0.39 is 30.8 Å². The van der Waals surface area contributed by atoms with Gasteiger partial charge in [0, 0.05) is 23.2 Å². The zero-order valence-corrected chi connectivity index (χ0v) is 17.5. The lowest BCUT2D eigenvalue weighted by Gasteiger charge is -2.17. The van der Waals surface area contributed by atoms with Crippen molar-refractivity contribution in [3.05, 3.63) is 78.5 Å². The van der Waals surface area contributed by atoms with E-state index in [1.54, 1.807) is 17.0 Å². The largest absolute Gasteiger partial charge is 0.454 e. The fourth-order valence-corrected chi connectivity index (χ4v) is 3.37. The molecule has 33 heavy (non-hydrogen) atoms. The number of benzene rings is 2. The van der Waals surface area contributed by atoms with Gasteiger partial charge < -0.3 is 20.8 Å². The first-order valence-electron chi connectivity index (χ1n) is 10.1. The van der Waals surface area contributed by atoms with Crippen LogP contribution < -0.4 is 11.5 Å². The highest BCUT2D eigenvalue weighted by atomic mass is 16.3. The highest BCUT2D eigenvalue weighted by molar-refractivity contribution is 5.97. The van der Waals surface area contributed by atoms with Gasteiger partial charge in [0.1, 0.15) is 24.4 Å². The number of nitrogens with zero attached hydrogens (tertiary/aromatic N) is 3. The van der Waals surface area contributed by atoms with Crippen molar-refractivity contribution in [3.63, 3.8) is 0 Å². The number of nitrogens with two attached hydrogens (primary N) is 2. The molecular weight excluding hydrogens is 422 g/mol. The Morgan fingerprint density at radius 1 is 0.970 bits per heavy atom. The molecule has 0 atom stereocenters. The van der Waals surface area contributed by atoms with Gasteiger partial charge in [-0.3, -0.25) is 14.4 Å². The van der Waals surface area contributed by atoms with Crippen molar-refractivity contribution in [2.24, 2.45) is 11.5 Å². The minimum absolute atomic E-state index is 0.425. The smallest absolute Gasteiger partial charge is 0.247 e. The molecule has 9 nitrogen and oxygen atoms in total. The van der Waals surface area contributed by atoms with E-state index in [2.05, 4.69) is 5.10 Å².